The van der Waals surface area contributed by atoms with Gasteiger partial charge in [-0.05, 0) is 43.0 Å². The Labute approximate surface area is 106 Å². The Bertz CT molecular complexity index is 534. The Hall–Kier alpha value is -1.68. The predicted molar refractivity (Wildman–Crippen MR) is 69.6 cm³/mol. The van der Waals surface area contributed by atoms with E-state index in [2.05, 4.69) is 5.10 Å². The standard InChI is InChI=1S/C14H18FN3/c1-10-3-4-11(9-13(10)15)14(16)6-5-12-7-8-17-18(12)2/h3-4,7-9,14H,5-6,16H2,1-2H3. The van der Waals surface area contributed by atoms with Crippen LogP contribution >= 0.6 is 0 Å². The SMILES string of the molecule is Cc1ccc(C(N)CCc2ccnn2C)cc1F. The largest absolute Gasteiger partial charge is 0.324 e. The molecule has 1 unspecified atom stereocenters. The molecule has 0 fully saturated rings. The average molecular weight is 247 g/mol. The summed E-state index contributed by atoms with van der Waals surface area (Å²) in [5, 5.41) is 4.11. The summed E-state index contributed by atoms with van der Waals surface area (Å²) in [6, 6.07) is 7.03. The zero-order valence-electron chi connectivity index (χ0n) is 10.7. The Kier molecular flexibility index (Phi) is 3.77. The van der Waals surface area contributed by atoms with Crippen LogP contribution in [0.2, 0.25) is 0 Å². The molecule has 0 amide bonds. The topological polar surface area (TPSA) is 43.8 Å². The molecule has 0 aliphatic heterocycles. The number of hydrogen-bond donors (Lipinski definition) is 1. The zero-order chi connectivity index (χ0) is 13.1. The van der Waals surface area contributed by atoms with Gasteiger partial charge < -0.3 is 5.73 Å². The van der Waals surface area contributed by atoms with Gasteiger partial charge in [0.1, 0.15) is 5.82 Å². The molecule has 0 bridgehead atoms. The first kappa shape index (κ1) is 12.8. The minimum Gasteiger partial charge on any atom is -0.324 e. The van der Waals surface area contributed by atoms with Crippen molar-refractivity contribution < 1.29 is 4.39 Å². The molecular formula is C14H18FN3. The summed E-state index contributed by atoms with van der Waals surface area (Å²) in [6.07, 6.45) is 3.39. The van der Waals surface area contributed by atoms with E-state index in [1.165, 1.54) is 6.07 Å². The van der Waals surface area contributed by atoms with E-state index >= 15 is 0 Å². The van der Waals surface area contributed by atoms with E-state index in [-0.39, 0.29) is 11.9 Å². The van der Waals surface area contributed by atoms with E-state index in [1.807, 2.05) is 23.9 Å². The van der Waals surface area contributed by atoms with Crippen LogP contribution in [-0.4, -0.2) is 9.78 Å². The van der Waals surface area contributed by atoms with Crippen LogP contribution < -0.4 is 5.73 Å². The van der Waals surface area contributed by atoms with E-state index in [0.29, 0.717) is 5.56 Å². The van der Waals surface area contributed by atoms with Crippen molar-refractivity contribution in [2.75, 3.05) is 0 Å². The zero-order valence-corrected chi connectivity index (χ0v) is 10.7. The van der Waals surface area contributed by atoms with Gasteiger partial charge in [-0.2, -0.15) is 5.10 Å². The van der Waals surface area contributed by atoms with Crippen molar-refractivity contribution in [3.63, 3.8) is 0 Å². The molecular weight excluding hydrogens is 229 g/mol. The fraction of sp³-hybridized carbons (Fsp3) is 0.357. The van der Waals surface area contributed by atoms with E-state index in [4.69, 9.17) is 5.73 Å². The number of nitrogens with two attached hydrogens (primary N) is 1. The summed E-state index contributed by atoms with van der Waals surface area (Å²) in [6.45, 7) is 1.75. The van der Waals surface area contributed by atoms with E-state index in [0.717, 1.165) is 24.1 Å². The molecule has 2 N–H and O–H groups in total. The smallest absolute Gasteiger partial charge is 0.126 e. The first-order chi connectivity index (χ1) is 8.58. The lowest BCUT2D eigenvalue weighted by Gasteiger charge is -2.12. The van der Waals surface area contributed by atoms with Crippen LogP contribution in [0.1, 0.15) is 29.3 Å². The molecule has 0 aliphatic rings. The van der Waals surface area contributed by atoms with Crippen LogP contribution in [-0.2, 0) is 13.5 Å². The number of halogens is 1. The molecule has 1 aromatic heterocycles. The number of rotatable bonds is 4. The molecule has 2 rings (SSSR count). The second-order valence-corrected chi connectivity index (χ2v) is 4.60. The van der Waals surface area contributed by atoms with Crippen LogP contribution in [0.5, 0.6) is 0 Å². The highest BCUT2D eigenvalue weighted by Gasteiger charge is 2.09. The molecule has 1 heterocycles. The van der Waals surface area contributed by atoms with Gasteiger partial charge in [-0.25, -0.2) is 4.39 Å². The van der Waals surface area contributed by atoms with Crippen LogP contribution in [0.3, 0.4) is 0 Å². The molecule has 0 aliphatic carbocycles. The maximum atomic E-state index is 13.4. The predicted octanol–water partition coefficient (Wildman–Crippen LogP) is 2.50. The molecule has 2 aromatic rings. The number of aryl methyl sites for hydroxylation is 3. The Morgan fingerprint density at radius 2 is 2.17 bits per heavy atom. The van der Waals surface area contributed by atoms with Gasteiger partial charge in [0.05, 0.1) is 0 Å². The fourth-order valence-corrected chi connectivity index (χ4v) is 1.96. The Balaban J connectivity index is 2.01. The van der Waals surface area contributed by atoms with Gasteiger partial charge in [-0.1, -0.05) is 12.1 Å². The molecule has 1 atom stereocenters. The van der Waals surface area contributed by atoms with Gasteiger partial charge in [0.25, 0.3) is 0 Å². The minimum absolute atomic E-state index is 0.144. The van der Waals surface area contributed by atoms with Gasteiger partial charge in [0, 0.05) is 25.0 Å². The second-order valence-electron chi connectivity index (χ2n) is 4.60. The average Bonchev–Trinajstić information content (AvgIpc) is 2.75. The maximum Gasteiger partial charge on any atom is 0.126 e. The van der Waals surface area contributed by atoms with Crippen molar-refractivity contribution in [3.05, 3.63) is 53.1 Å². The molecule has 0 saturated heterocycles. The molecule has 0 radical (unpaired) electrons. The van der Waals surface area contributed by atoms with Gasteiger partial charge in [-0.3, -0.25) is 4.68 Å². The van der Waals surface area contributed by atoms with Crippen molar-refractivity contribution in [3.8, 4) is 0 Å². The third-order valence-corrected chi connectivity index (χ3v) is 3.26. The lowest BCUT2D eigenvalue weighted by atomic mass is 10.0. The molecule has 18 heavy (non-hydrogen) atoms. The summed E-state index contributed by atoms with van der Waals surface area (Å²) in [7, 11) is 1.91. The van der Waals surface area contributed by atoms with Gasteiger partial charge in [0.15, 0.2) is 0 Å². The van der Waals surface area contributed by atoms with Crippen molar-refractivity contribution in [2.45, 2.75) is 25.8 Å². The number of nitrogens with zero attached hydrogens (tertiary/aromatic N) is 2. The molecule has 1 aromatic carbocycles. The van der Waals surface area contributed by atoms with Crippen LogP contribution in [0.25, 0.3) is 0 Å². The Morgan fingerprint density at radius 3 is 2.78 bits per heavy atom. The molecule has 0 saturated carbocycles. The molecule has 4 heteroatoms. The molecule has 0 spiro atoms. The lowest BCUT2D eigenvalue weighted by Crippen LogP contribution is -2.12. The van der Waals surface area contributed by atoms with Gasteiger partial charge >= 0.3 is 0 Å². The third-order valence-electron chi connectivity index (χ3n) is 3.26. The molecule has 3 nitrogen and oxygen atoms in total. The van der Waals surface area contributed by atoms with Crippen molar-refractivity contribution in [1.82, 2.24) is 9.78 Å². The van der Waals surface area contributed by atoms with E-state index < -0.39 is 0 Å². The van der Waals surface area contributed by atoms with Crippen LogP contribution in [0, 0.1) is 12.7 Å². The van der Waals surface area contributed by atoms with Crippen LogP contribution in [0.15, 0.2) is 30.5 Å². The Morgan fingerprint density at radius 1 is 1.39 bits per heavy atom. The monoisotopic (exact) mass is 247 g/mol. The quantitative estimate of drug-likeness (QED) is 0.902. The third kappa shape index (κ3) is 2.76. The summed E-state index contributed by atoms with van der Waals surface area (Å²) in [4.78, 5) is 0. The first-order valence-electron chi connectivity index (χ1n) is 6.06. The van der Waals surface area contributed by atoms with E-state index in [1.54, 1.807) is 19.2 Å². The van der Waals surface area contributed by atoms with Gasteiger partial charge in [-0.15, -0.1) is 0 Å². The number of aromatic nitrogens is 2. The summed E-state index contributed by atoms with van der Waals surface area (Å²) in [5.41, 5.74) is 8.72. The maximum absolute atomic E-state index is 13.4. The van der Waals surface area contributed by atoms with Crippen molar-refractivity contribution in [2.24, 2.45) is 12.8 Å². The summed E-state index contributed by atoms with van der Waals surface area (Å²) >= 11 is 0. The van der Waals surface area contributed by atoms with Crippen LogP contribution in [0.4, 0.5) is 4.39 Å². The number of hydrogen-bond acceptors (Lipinski definition) is 2. The highest BCUT2D eigenvalue weighted by molar-refractivity contribution is 5.25. The summed E-state index contributed by atoms with van der Waals surface area (Å²) < 4.78 is 15.3. The van der Waals surface area contributed by atoms with Crippen molar-refractivity contribution >= 4 is 0 Å². The first-order valence-corrected chi connectivity index (χ1v) is 6.06. The fourth-order valence-electron chi connectivity index (χ4n) is 1.96. The highest BCUT2D eigenvalue weighted by Crippen LogP contribution is 2.19. The normalized spacial score (nSPS) is 12.7. The highest BCUT2D eigenvalue weighted by atomic mass is 19.1. The van der Waals surface area contributed by atoms with Gasteiger partial charge in [0.2, 0.25) is 0 Å². The second kappa shape index (κ2) is 5.31. The van der Waals surface area contributed by atoms with Crippen molar-refractivity contribution in [1.29, 1.82) is 0 Å². The molecule has 96 valence electrons. The minimum atomic E-state index is -0.191. The lowest BCUT2D eigenvalue weighted by molar-refractivity contribution is 0.592. The van der Waals surface area contributed by atoms with E-state index in [9.17, 15) is 4.39 Å². The number of benzene rings is 1. The summed E-state index contributed by atoms with van der Waals surface area (Å²) in [5.74, 6) is -0.191.